The van der Waals surface area contributed by atoms with Gasteiger partial charge in [0.1, 0.15) is 18.5 Å². The second-order valence-corrected chi connectivity index (χ2v) is 5.05. The Labute approximate surface area is 119 Å². The van der Waals surface area contributed by atoms with Crippen LogP contribution in [0.5, 0.6) is 5.75 Å². The molecule has 0 aliphatic heterocycles. The fourth-order valence-corrected chi connectivity index (χ4v) is 2.04. The Kier molecular flexibility index (Phi) is 5.21. The number of furan rings is 1. The molecule has 0 saturated carbocycles. The number of benzene rings is 1. The molecule has 0 spiro atoms. The molecule has 1 aromatic carbocycles. The molecule has 0 bridgehead atoms. The molecular formula is C16H21NO3. The minimum absolute atomic E-state index is 0.279. The summed E-state index contributed by atoms with van der Waals surface area (Å²) in [4.78, 5) is 0. The third-order valence-electron chi connectivity index (χ3n) is 2.93. The van der Waals surface area contributed by atoms with E-state index < -0.39 is 6.10 Å². The van der Waals surface area contributed by atoms with Gasteiger partial charge >= 0.3 is 0 Å². The third kappa shape index (κ3) is 4.72. The van der Waals surface area contributed by atoms with Gasteiger partial charge in [-0.2, -0.15) is 0 Å². The first kappa shape index (κ1) is 14.6. The van der Waals surface area contributed by atoms with Crippen LogP contribution in [-0.4, -0.2) is 24.4 Å². The maximum absolute atomic E-state index is 9.87. The van der Waals surface area contributed by atoms with E-state index in [0.29, 0.717) is 13.1 Å². The molecule has 0 radical (unpaired) electrons. The van der Waals surface area contributed by atoms with E-state index in [1.54, 1.807) is 12.5 Å². The van der Waals surface area contributed by atoms with Crippen LogP contribution in [0.3, 0.4) is 0 Å². The molecule has 0 aliphatic rings. The standard InChI is InChI=1S/C16H21NO3/c1-12-5-13(2)7-16(6-12)20-11-15(18)9-17-8-14-3-4-19-10-14/h3-7,10,15,17-18H,8-9,11H2,1-2H3. The summed E-state index contributed by atoms with van der Waals surface area (Å²) in [6, 6.07) is 7.93. The minimum atomic E-state index is -0.539. The summed E-state index contributed by atoms with van der Waals surface area (Å²) >= 11 is 0. The zero-order valence-corrected chi connectivity index (χ0v) is 11.9. The van der Waals surface area contributed by atoms with Gasteiger partial charge in [0.2, 0.25) is 0 Å². The van der Waals surface area contributed by atoms with Gasteiger partial charge in [-0.1, -0.05) is 6.07 Å². The quantitative estimate of drug-likeness (QED) is 0.815. The van der Waals surface area contributed by atoms with Crippen molar-refractivity contribution in [2.75, 3.05) is 13.2 Å². The molecular weight excluding hydrogens is 254 g/mol. The van der Waals surface area contributed by atoms with Crippen molar-refractivity contribution in [1.82, 2.24) is 5.32 Å². The first-order chi connectivity index (χ1) is 9.63. The summed E-state index contributed by atoms with van der Waals surface area (Å²) in [7, 11) is 0. The first-order valence-corrected chi connectivity index (χ1v) is 6.74. The van der Waals surface area contributed by atoms with Crippen LogP contribution in [0.2, 0.25) is 0 Å². The maximum atomic E-state index is 9.87. The fourth-order valence-electron chi connectivity index (χ4n) is 2.04. The first-order valence-electron chi connectivity index (χ1n) is 6.74. The molecule has 2 rings (SSSR count). The molecule has 2 N–H and O–H groups in total. The van der Waals surface area contributed by atoms with Crippen LogP contribution >= 0.6 is 0 Å². The highest BCUT2D eigenvalue weighted by atomic mass is 16.5. The Morgan fingerprint density at radius 3 is 2.65 bits per heavy atom. The predicted molar refractivity (Wildman–Crippen MR) is 77.8 cm³/mol. The van der Waals surface area contributed by atoms with Crippen LogP contribution < -0.4 is 10.1 Å². The van der Waals surface area contributed by atoms with Crippen molar-refractivity contribution < 1.29 is 14.3 Å². The highest BCUT2D eigenvalue weighted by Gasteiger charge is 2.06. The van der Waals surface area contributed by atoms with Crippen molar-refractivity contribution in [3.63, 3.8) is 0 Å². The SMILES string of the molecule is Cc1cc(C)cc(OCC(O)CNCc2ccoc2)c1. The molecule has 20 heavy (non-hydrogen) atoms. The third-order valence-corrected chi connectivity index (χ3v) is 2.93. The number of rotatable bonds is 7. The minimum Gasteiger partial charge on any atom is -0.491 e. The largest absolute Gasteiger partial charge is 0.491 e. The van der Waals surface area contributed by atoms with Gasteiger partial charge < -0.3 is 19.6 Å². The van der Waals surface area contributed by atoms with Crippen molar-refractivity contribution >= 4 is 0 Å². The van der Waals surface area contributed by atoms with E-state index in [2.05, 4.69) is 11.4 Å². The van der Waals surface area contributed by atoms with Crippen LogP contribution in [0.25, 0.3) is 0 Å². The highest BCUT2D eigenvalue weighted by molar-refractivity contribution is 5.32. The number of aryl methyl sites for hydroxylation is 2. The zero-order chi connectivity index (χ0) is 14.4. The fraction of sp³-hybridized carbons (Fsp3) is 0.375. The monoisotopic (exact) mass is 275 g/mol. The number of aliphatic hydroxyl groups excluding tert-OH is 1. The molecule has 1 aromatic heterocycles. The van der Waals surface area contributed by atoms with Gasteiger partial charge in [0.25, 0.3) is 0 Å². The van der Waals surface area contributed by atoms with Crippen LogP contribution in [0.15, 0.2) is 41.2 Å². The molecule has 1 unspecified atom stereocenters. The molecule has 108 valence electrons. The Hall–Kier alpha value is -1.78. The lowest BCUT2D eigenvalue weighted by molar-refractivity contribution is 0.106. The Bertz CT molecular complexity index is 502. The summed E-state index contributed by atoms with van der Waals surface area (Å²) in [6.07, 6.45) is 2.78. The lowest BCUT2D eigenvalue weighted by Crippen LogP contribution is -2.31. The lowest BCUT2D eigenvalue weighted by Gasteiger charge is -2.13. The summed E-state index contributed by atoms with van der Waals surface area (Å²) in [5.41, 5.74) is 3.38. The van der Waals surface area contributed by atoms with E-state index in [1.165, 1.54) is 0 Å². The Balaban J connectivity index is 1.70. The van der Waals surface area contributed by atoms with Crippen molar-refractivity contribution in [3.05, 3.63) is 53.5 Å². The van der Waals surface area contributed by atoms with Crippen molar-refractivity contribution in [2.45, 2.75) is 26.5 Å². The predicted octanol–water partition coefficient (Wildman–Crippen LogP) is 2.43. The van der Waals surface area contributed by atoms with Crippen molar-refractivity contribution in [1.29, 1.82) is 0 Å². The highest BCUT2D eigenvalue weighted by Crippen LogP contribution is 2.16. The summed E-state index contributed by atoms with van der Waals surface area (Å²) in [6.45, 7) is 5.50. The van der Waals surface area contributed by atoms with E-state index in [-0.39, 0.29) is 6.61 Å². The van der Waals surface area contributed by atoms with Crippen LogP contribution in [-0.2, 0) is 6.54 Å². The Morgan fingerprint density at radius 2 is 2.00 bits per heavy atom. The van der Waals surface area contributed by atoms with Gasteiger partial charge in [-0.25, -0.2) is 0 Å². The second-order valence-electron chi connectivity index (χ2n) is 5.05. The molecule has 0 fully saturated rings. The van der Waals surface area contributed by atoms with Gasteiger partial charge in [0.15, 0.2) is 0 Å². The molecule has 0 saturated heterocycles. The molecule has 1 heterocycles. The number of nitrogens with one attached hydrogen (secondary N) is 1. The van der Waals surface area contributed by atoms with E-state index in [1.807, 2.05) is 32.0 Å². The second kappa shape index (κ2) is 7.12. The maximum Gasteiger partial charge on any atom is 0.119 e. The normalized spacial score (nSPS) is 12.3. The van der Waals surface area contributed by atoms with Crippen molar-refractivity contribution in [2.24, 2.45) is 0 Å². The van der Waals surface area contributed by atoms with Gasteiger partial charge in [-0.15, -0.1) is 0 Å². The summed E-state index contributed by atoms with van der Waals surface area (Å²) < 4.78 is 10.6. The van der Waals surface area contributed by atoms with Crippen LogP contribution in [0.4, 0.5) is 0 Å². The average Bonchev–Trinajstić information content (AvgIpc) is 2.88. The molecule has 4 nitrogen and oxygen atoms in total. The van der Waals surface area contributed by atoms with E-state index in [4.69, 9.17) is 9.15 Å². The van der Waals surface area contributed by atoms with E-state index >= 15 is 0 Å². The van der Waals surface area contributed by atoms with Gasteiger partial charge in [-0.3, -0.25) is 0 Å². The van der Waals surface area contributed by atoms with Gasteiger partial charge in [-0.05, 0) is 43.2 Å². The van der Waals surface area contributed by atoms with Crippen molar-refractivity contribution in [3.8, 4) is 5.75 Å². The molecule has 1 atom stereocenters. The Morgan fingerprint density at radius 1 is 1.25 bits per heavy atom. The molecule has 0 aliphatic carbocycles. The van der Waals surface area contributed by atoms with Gasteiger partial charge in [0, 0.05) is 18.7 Å². The molecule has 4 heteroatoms. The van der Waals surface area contributed by atoms with Crippen LogP contribution in [0.1, 0.15) is 16.7 Å². The van der Waals surface area contributed by atoms with E-state index in [0.717, 1.165) is 22.4 Å². The number of hydrogen-bond acceptors (Lipinski definition) is 4. The zero-order valence-electron chi connectivity index (χ0n) is 11.9. The smallest absolute Gasteiger partial charge is 0.119 e. The molecule has 2 aromatic rings. The van der Waals surface area contributed by atoms with E-state index in [9.17, 15) is 5.11 Å². The summed E-state index contributed by atoms with van der Waals surface area (Å²) in [5, 5.41) is 13.0. The molecule has 0 amide bonds. The van der Waals surface area contributed by atoms with Crippen LogP contribution in [0, 0.1) is 13.8 Å². The number of ether oxygens (including phenoxy) is 1. The lowest BCUT2D eigenvalue weighted by atomic mass is 10.1. The number of aliphatic hydroxyl groups is 1. The average molecular weight is 275 g/mol. The topological polar surface area (TPSA) is 54.6 Å². The summed E-state index contributed by atoms with van der Waals surface area (Å²) in [5.74, 6) is 0.802. The number of hydrogen-bond donors (Lipinski definition) is 2. The van der Waals surface area contributed by atoms with Gasteiger partial charge in [0.05, 0.1) is 12.5 Å².